The number of halogens is 3. The molecule has 2 fully saturated rings. The largest absolute Gasteiger partial charge is 0.491 e. The van der Waals surface area contributed by atoms with Crippen molar-refractivity contribution in [2.45, 2.75) is 63.7 Å². The zero-order valence-corrected chi connectivity index (χ0v) is 40.2. The van der Waals surface area contributed by atoms with Crippen LogP contribution in [0.25, 0.3) is 5.57 Å². The Morgan fingerprint density at radius 2 is 1.39 bits per heavy atom. The van der Waals surface area contributed by atoms with E-state index in [1.54, 1.807) is 7.11 Å². The van der Waals surface area contributed by atoms with Crippen molar-refractivity contribution < 1.29 is 86.8 Å². The Hall–Kier alpha value is -5.28. The summed E-state index contributed by atoms with van der Waals surface area (Å²) in [5.41, 5.74) is 4.28. The maximum Gasteiger partial charge on any atom is 0.410 e. The van der Waals surface area contributed by atoms with Crippen molar-refractivity contribution >= 4 is 35.3 Å². The summed E-state index contributed by atoms with van der Waals surface area (Å²) in [6, 6.07) is 13.3. The Balaban J connectivity index is 1.29. The molecule has 2 atom stereocenters. The molecule has 390 valence electrons. The van der Waals surface area contributed by atoms with Crippen LogP contribution in [-0.4, -0.2) is 175 Å². The Kier molecular flexibility index (Phi) is 21.3. The quantitative estimate of drug-likeness (QED) is 0.0371. The first-order valence-electron chi connectivity index (χ1n) is 23.0. The second-order valence-corrected chi connectivity index (χ2v) is 16.9. The molecule has 24 heteroatoms. The van der Waals surface area contributed by atoms with Crippen LogP contribution < -0.4 is 9.47 Å². The molecule has 0 radical (unpaired) electrons. The van der Waals surface area contributed by atoms with Crippen LogP contribution in [0.15, 0.2) is 60.2 Å². The van der Waals surface area contributed by atoms with E-state index in [0.717, 1.165) is 41.7 Å². The number of methoxy groups -OCH3 is 1. The summed E-state index contributed by atoms with van der Waals surface area (Å²) in [4.78, 5) is 57.3. The molecule has 2 unspecified atom stereocenters. The second-order valence-electron chi connectivity index (χ2n) is 16.6. The van der Waals surface area contributed by atoms with E-state index >= 15 is 4.79 Å². The van der Waals surface area contributed by atoms with Crippen molar-refractivity contribution in [1.82, 2.24) is 25.5 Å². The van der Waals surface area contributed by atoms with Gasteiger partial charge in [-0.1, -0.05) is 48.0 Å². The van der Waals surface area contributed by atoms with E-state index in [1.165, 1.54) is 9.80 Å². The topological polar surface area (TPSA) is 231 Å². The molecule has 3 amide bonds. The van der Waals surface area contributed by atoms with Gasteiger partial charge < -0.3 is 43.0 Å². The molecule has 1 aliphatic carbocycles. The Morgan fingerprint density at radius 1 is 0.746 bits per heavy atom. The number of piperazine rings is 1. The summed E-state index contributed by atoms with van der Waals surface area (Å²) in [6.07, 6.45) is 1.11. The average Bonchev–Trinajstić information content (AvgIpc) is 4.19. The van der Waals surface area contributed by atoms with Crippen molar-refractivity contribution in [1.29, 1.82) is 0 Å². The molecule has 1 saturated heterocycles. The van der Waals surface area contributed by atoms with E-state index in [-0.39, 0.29) is 103 Å². The number of carbonyl (C=O) groups is 3. The molecular formula is C47H60ClF2N5O16. The fraction of sp³-hybridized carbons (Fsp3) is 0.511. The van der Waals surface area contributed by atoms with Crippen LogP contribution in [0.1, 0.15) is 47.9 Å². The first kappa shape index (κ1) is 55.0. The predicted molar refractivity (Wildman–Crippen MR) is 243 cm³/mol. The van der Waals surface area contributed by atoms with Gasteiger partial charge in [0.25, 0.3) is 5.91 Å². The van der Waals surface area contributed by atoms with Crippen molar-refractivity contribution in [3.8, 4) is 11.5 Å². The highest BCUT2D eigenvalue weighted by atomic mass is 35.5. The maximum absolute atomic E-state index is 15.6. The average molecular weight is 1020 g/mol. The van der Waals surface area contributed by atoms with Crippen molar-refractivity contribution in [2.75, 3.05) is 92.9 Å². The number of fused-ring (bicyclic) bond motifs is 2. The van der Waals surface area contributed by atoms with Crippen molar-refractivity contribution in [2.24, 2.45) is 0 Å². The van der Waals surface area contributed by atoms with Gasteiger partial charge in [-0.15, -0.1) is 0 Å². The highest BCUT2D eigenvalue weighted by Gasteiger charge is 2.50. The Morgan fingerprint density at radius 3 is 2.04 bits per heavy atom. The number of hydrogen-bond donors (Lipinski definition) is 4. The summed E-state index contributed by atoms with van der Waals surface area (Å²) in [5.74, 6) is -1.61. The Bertz CT molecular complexity index is 2260. The molecule has 6 rings (SSSR count). The highest BCUT2D eigenvalue weighted by Crippen LogP contribution is 2.42. The standard InChI is InChI=1S/C47H60ClF2N5O16/c1-31-34(6-3-7-41(31)66-22-17-63-2)28-52(35-12-13-35)45(56)42-37(33-10-8-32(9-11-33)5-4-16-67-44-39(50)15-14-38(49)43(44)48)27-36-29-51(46(57)68-23-18-64-20-25-70-54(59)60)30-40(42)53(36)47(58)69-24-19-65-21-26-71-55(61)62/h3,6-11,14-15,35-36,40,59-62H,4-5,12-13,16-30H2,1-2H3. The van der Waals surface area contributed by atoms with Crippen molar-refractivity contribution in [3.63, 3.8) is 0 Å². The Labute approximate surface area is 413 Å². The third-order valence-corrected chi connectivity index (χ3v) is 12.2. The van der Waals surface area contributed by atoms with E-state index in [1.807, 2.05) is 54.3 Å². The third kappa shape index (κ3) is 15.9. The van der Waals surface area contributed by atoms with E-state index in [9.17, 15) is 18.4 Å². The van der Waals surface area contributed by atoms with E-state index in [4.69, 9.17) is 65.6 Å². The molecule has 3 aromatic rings. The lowest BCUT2D eigenvalue weighted by Gasteiger charge is -2.50. The zero-order valence-electron chi connectivity index (χ0n) is 39.4. The zero-order chi connectivity index (χ0) is 50.9. The lowest BCUT2D eigenvalue weighted by molar-refractivity contribution is -0.493. The van der Waals surface area contributed by atoms with Crippen LogP contribution in [0.2, 0.25) is 5.02 Å². The van der Waals surface area contributed by atoms with E-state index < -0.39 is 51.7 Å². The molecule has 0 spiro atoms. The number of nitrogens with zero attached hydrogens (tertiary/aromatic N) is 5. The summed E-state index contributed by atoms with van der Waals surface area (Å²) < 4.78 is 67.0. The second kappa shape index (κ2) is 27.5. The van der Waals surface area contributed by atoms with Crippen LogP contribution >= 0.6 is 11.6 Å². The van der Waals surface area contributed by atoms with Gasteiger partial charge in [0.05, 0.1) is 75.7 Å². The number of aryl methyl sites for hydroxylation is 1. The molecule has 3 aromatic carbocycles. The number of hydrogen-bond acceptors (Lipinski definition) is 18. The molecule has 3 aliphatic rings. The number of amides is 3. The van der Waals surface area contributed by atoms with Gasteiger partial charge in [0.2, 0.25) is 0 Å². The van der Waals surface area contributed by atoms with Crippen LogP contribution in [-0.2, 0) is 51.1 Å². The minimum atomic E-state index is -1.02. The number of benzene rings is 3. The maximum atomic E-state index is 15.6. The smallest absolute Gasteiger partial charge is 0.410 e. The molecular weight excluding hydrogens is 964 g/mol. The minimum Gasteiger partial charge on any atom is -0.491 e. The van der Waals surface area contributed by atoms with Crippen LogP contribution in [0.3, 0.4) is 0 Å². The number of rotatable bonds is 28. The lowest BCUT2D eigenvalue weighted by atomic mass is 9.81. The van der Waals surface area contributed by atoms with Crippen molar-refractivity contribution in [3.05, 3.63) is 99.1 Å². The van der Waals surface area contributed by atoms with Gasteiger partial charge in [0.1, 0.15) is 36.4 Å². The highest BCUT2D eigenvalue weighted by molar-refractivity contribution is 6.32. The molecule has 0 aromatic heterocycles. The normalized spacial score (nSPS) is 16.7. The van der Waals surface area contributed by atoms with Gasteiger partial charge in [-0.2, -0.15) is 0 Å². The first-order valence-corrected chi connectivity index (χ1v) is 23.4. The predicted octanol–water partition coefficient (Wildman–Crippen LogP) is 6.00. The fourth-order valence-corrected chi connectivity index (χ4v) is 8.47. The summed E-state index contributed by atoms with van der Waals surface area (Å²) >= 11 is 5.94. The third-order valence-electron chi connectivity index (χ3n) is 11.8. The summed E-state index contributed by atoms with van der Waals surface area (Å²) in [6.45, 7) is 1.85. The van der Waals surface area contributed by atoms with Crippen LogP contribution in [0.4, 0.5) is 18.4 Å². The molecule has 1 saturated carbocycles. The van der Waals surface area contributed by atoms with E-state index in [2.05, 4.69) is 9.68 Å². The molecule has 21 nitrogen and oxygen atoms in total. The molecule has 4 N–H and O–H groups in total. The molecule has 2 bridgehead atoms. The van der Waals surface area contributed by atoms with Crippen LogP contribution in [0, 0.1) is 18.6 Å². The molecule has 2 heterocycles. The SMILES string of the molecule is COCCOc1cccc(CN(C(=O)C2=C(c3ccc(CCCOc4c(F)ccc(F)c4Cl)cc3)CC3CN(C(=O)OCCOCCON(O)O)CC2N3C(=O)OCCOCCON(O)O)C2CC2)c1C. The first-order chi connectivity index (χ1) is 34.3. The van der Waals surface area contributed by atoms with Crippen LogP contribution in [0.5, 0.6) is 11.5 Å². The summed E-state index contributed by atoms with van der Waals surface area (Å²) in [7, 11) is 1.59. The number of carbonyl (C=O) groups excluding carboxylic acids is 3. The van der Waals surface area contributed by atoms with Gasteiger partial charge in [-0.3, -0.25) is 30.5 Å². The summed E-state index contributed by atoms with van der Waals surface area (Å²) in [5, 5.41) is 33.7. The van der Waals surface area contributed by atoms with Gasteiger partial charge in [0.15, 0.2) is 11.6 Å². The molecule has 2 aliphatic heterocycles. The van der Waals surface area contributed by atoms with Gasteiger partial charge in [0, 0.05) is 38.4 Å². The van der Waals surface area contributed by atoms with E-state index in [0.29, 0.717) is 48.5 Å². The van der Waals surface area contributed by atoms with Gasteiger partial charge in [-0.25, -0.2) is 28.0 Å². The molecule has 71 heavy (non-hydrogen) atoms. The van der Waals surface area contributed by atoms with Gasteiger partial charge in [-0.05, 0) is 85.1 Å². The monoisotopic (exact) mass is 1020 g/mol. The lowest BCUT2D eigenvalue weighted by Crippen LogP contribution is -2.65. The fourth-order valence-electron chi connectivity index (χ4n) is 8.26. The number of ether oxygens (including phenoxy) is 7. The van der Waals surface area contributed by atoms with Gasteiger partial charge >= 0.3 is 12.2 Å². The minimum absolute atomic E-state index is 0.00893.